The van der Waals surface area contributed by atoms with E-state index in [0.29, 0.717) is 17.7 Å². The average Bonchev–Trinajstić information content (AvgIpc) is 2.62. The molecule has 0 aliphatic carbocycles. The summed E-state index contributed by atoms with van der Waals surface area (Å²) >= 11 is 6.22. The maximum atomic E-state index is 13.1. The molecule has 3 nitrogen and oxygen atoms in total. The molecule has 0 saturated carbocycles. The topological polar surface area (TPSA) is 30.5 Å². The van der Waals surface area contributed by atoms with Crippen molar-refractivity contribution in [1.29, 1.82) is 0 Å². The summed E-state index contributed by atoms with van der Waals surface area (Å²) in [6, 6.07) is 7.10. The highest BCUT2D eigenvalue weighted by Crippen LogP contribution is 2.54. The van der Waals surface area contributed by atoms with Crippen molar-refractivity contribution in [3.63, 3.8) is 0 Å². The smallest absolute Gasteiger partial charge is 0.387 e. The lowest BCUT2D eigenvalue weighted by atomic mass is 9.81. The van der Waals surface area contributed by atoms with Gasteiger partial charge < -0.3 is 14.8 Å². The fourth-order valence-electron chi connectivity index (χ4n) is 4.32. The minimum absolute atomic E-state index is 0.0665. The number of ether oxygens (including phenoxy) is 2. The highest BCUT2D eigenvalue weighted by atomic mass is 35.5. The minimum atomic E-state index is -2.99. The molecule has 2 aromatic carbocycles. The maximum Gasteiger partial charge on any atom is 0.387 e. The first-order chi connectivity index (χ1) is 13.7. The quantitative estimate of drug-likeness (QED) is 0.532. The predicted octanol–water partition coefficient (Wildman–Crippen LogP) is 7.23. The molecule has 29 heavy (non-hydrogen) atoms. The zero-order valence-corrected chi connectivity index (χ0v) is 17.2. The van der Waals surface area contributed by atoms with Crippen molar-refractivity contribution in [2.45, 2.75) is 45.4 Å². The van der Waals surface area contributed by atoms with E-state index in [4.69, 9.17) is 21.1 Å². The monoisotopic (exact) mass is 417 g/mol. The second-order valence-corrected chi connectivity index (χ2v) is 8.29. The molecule has 6 heteroatoms. The van der Waals surface area contributed by atoms with E-state index in [0.717, 1.165) is 28.0 Å². The minimum Gasteiger partial charge on any atom is -0.485 e. The van der Waals surface area contributed by atoms with E-state index < -0.39 is 6.61 Å². The van der Waals surface area contributed by atoms with Crippen LogP contribution in [-0.2, 0) is 0 Å². The molecule has 0 saturated heterocycles. The Labute approximate surface area is 174 Å². The number of fused-ring (bicyclic) bond motifs is 5. The number of hydrogen-bond donors (Lipinski definition) is 1. The summed E-state index contributed by atoms with van der Waals surface area (Å²) in [6.45, 7) is 7.11. The van der Waals surface area contributed by atoms with Crippen molar-refractivity contribution in [2.75, 3.05) is 5.32 Å². The maximum absolute atomic E-state index is 13.1. The van der Waals surface area contributed by atoms with Crippen LogP contribution in [0.5, 0.6) is 11.5 Å². The second kappa shape index (κ2) is 7.06. The molecule has 0 radical (unpaired) electrons. The van der Waals surface area contributed by atoms with E-state index in [1.807, 2.05) is 12.1 Å². The summed E-state index contributed by atoms with van der Waals surface area (Å²) in [5.74, 6) is 0.401. The van der Waals surface area contributed by atoms with Crippen LogP contribution in [-0.4, -0.2) is 12.2 Å². The van der Waals surface area contributed by atoms with Crippen LogP contribution in [0.3, 0.4) is 0 Å². The highest BCUT2D eigenvalue weighted by Gasteiger charge is 2.35. The van der Waals surface area contributed by atoms with Crippen molar-refractivity contribution >= 4 is 22.9 Å². The lowest BCUT2D eigenvalue weighted by molar-refractivity contribution is -0.0495. The van der Waals surface area contributed by atoms with E-state index >= 15 is 0 Å². The molecule has 0 spiro atoms. The lowest BCUT2D eigenvalue weighted by Crippen LogP contribution is -2.32. The van der Waals surface area contributed by atoms with Crippen molar-refractivity contribution < 1.29 is 18.3 Å². The Balaban J connectivity index is 2.02. The van der Waals surface area contributed by atoms with Crippen LogP contribution in [0.4, 0.5) is 14.5 Å². The molecular formula is C23H22ClF2NO2. The van der Waals surface area contributed by atoms with E-state index in [1.54, 1.807) is 12.1 Å². The molecule has 1 unspecified atom stereocenters. The Morgan fingerprint density at radius 2 is 2.03 bits per heavy atom. The standard InChI is InChI=1S/C23H22ClF2NO2/c1-5-6-16-19-13(7-9-15-18(19)12(2)11-23(3,4)27-15)20-17(28-16)10-8-14(24)21(20)29-22(25)26/h5,7-11,16,22,27H,1,6H2,2-4H3. The Bertz CT molecular complexity index is 1030. The van der Waals surface area contributed by atoms with Gasteiger partial charge in [0.05, 0.1) is 16.1 Å². The summed E-state index contributed by atoms with van der Waals surface area (Å²) in [6.07, 6.45) is 4.24. The Kier molecular flexibility index (Phi) is 4.82. The summed E-state index contributed by atoms with van der Waals surface area (Å²) in [5.41, 5.74) is 5.06. The van der Waals surface area contributed by atoms with Gasteiger partial charge in [0.1, 0.15) is 11.9 Å². The van der Waals surface area contributed by atoms with Crippen molar-refractivity contribution in [3.05, 3.63) is 59.1 Å². The fraction of sp³-hybridized carbons (Fsp3) is 0.304. The molecule has 152 valence electrons. The van der Waals surface area contributed by atoms with Crippen LogP contribution in [0.2, 0.25) is 5.02 Å². The Morgan fingerprint density at radius 3 is 2.72 bits per heavy atom. The van der Waals surface area contributed by atoms with Gasteiger partial charge in [-0.2, -0.15) is 8.78 Å². The fourth-order valence-corrected chi connectivity index (χ4v) is 4.53. The zero-order valence-electron chi connectivity index (χ0n) is 16.5. The number of hydrogen-bond acceptors (Lipinski definition) is 3. The molecule has 0 amide bonds. The van der Waals surface area contributed by atoms with Crippen LogP contribution in [0.25, 0.3) is 16.7 Å². The van der Waals surface area contributed by atoms with Crippen molar-refractivity contribution in [1.82, 2.24) is 0 Å². The second-order valence-electron chi connectivity index (χ2n) is 7.88. The molecule has 2 aliphatic rings. The van der Waals surface area contributed by atoms with Crippen LogP contribution < -0.4 is 14.8 Å². The number of anilines is 1. The van der Waals surface area contributed by atoms with Gasteiger partial charge in [-0.05, 0) is 50.1 Å². The van der Waals surface area contributed by atoms with E-state index in [9.17, 15) is 8.78 Å². The number of alkyl halides is 2. The van der Waals surface area contributed by atoms with Crippen LogP contribution in [0, 0.1) is 0 Å². The largest absolute Gasteiger partial charge is 0.485 e. The summed E-state index contributed by atoms with van der Waals surface area (Å²) in [4.78, 5) is 0. The number of allylic oxidation sites excluding steroid dienone is 1. The predicted molar refractivity (Wildman–Crippen MR) is 113 cm³/mol. The van der Waals surface area contributed by atoms with Crippen molar-refractivity contribution in [3.8, 4) is 22.6 Å². The van der Waals surface area contributed by atoms with Gasteiger partial charge >= 0.3 is 6.61 Å². The molecule has 1 N–H and O–H groups in total. The van der Waals surface area contributed by atoms with Crippen LogP contribution in [0.15, 0.2) is 43.0 Å². The lowest BCUT2D eigenvalue weighted by Gasteiger charge is -2.37. The third kappa shape index (κ3) is 3.38. The molecule has 2 heterocycles. The third-order valence-corrected chi connectivity index (χ3v) is 5.49. The number of nitrogens with one attached hydrogen (secondary N) is 1. The number of rotatable bonds is 4. The first-order valence-corrected chi connectivity index (χ1v) is 9.80. The molecule has 0 fully saturated rings. The van der Waals surface area contributed by atoms with Gasteiger partial charge in [-0.15, -0.1) is 6.58 Å². The van der Waals surface area contributed by atoms with Gasteiger partial charge in [0, 0.05) is 23.2 Å². The molecule has 1 atom stereocenters. The molecule has 0 aromatic heterocycles. The van der Waals surface area contributed by atoms with E-state index in [1.165, 1.54) is 6.07 Å². The summed E-state index contributed by atoms with van der Waals surface area (Å²) in [7, 11) is 0. The van der Waals surface area contributed by atoms with E-state index in [2.05, 4.69) is 38.7 Å². The van der Waals surface area contributed by atoms with Crippen LogP contribution >= 0.6 is 11.6 Å². The SMILES string of the molecule is C=CCC1Oc2ccc(Cl)c(OC(F)F)c2-c2ccc3c(c21)C(C)=CC(C)(C)N3. The zero-order chi connectivity index (χ0) is 20.9. The Morgan fingerprint density at radius 1 is 1.28 bits per heavy atom. The number of benzene rings is 2. The Hall–Kier alpha value is -2.53. The van der Waals surface area contributed by atoms with E-state index in [-0.39, 0.29) is 22.4 Å². The molecule has 2 aromatic rings. The van der Waals surface area contributed by atoms with Gasteiger partial charge in [-0.25, -0.2) is 0 Å². The van der Waals surface area contributed by atoms with Crippen molar-refractivity contribution in [2.24, 2.45) is 0 Å². The summed E-state index contributed by atoms with van der Waals surface area (Å²) in [5, 5.41) is 3.64. The first kappa shape index (κ1) is 19.8. The van der Waals surface area contributed by atoms with Gasteiger partial charge in [-0.1, -0.05) is 29.8 Å². The van der Waals surface area contributed by atoms with Gasteiger partial charge in [0.15, 0.2) is 5.75 Å². The molecule has 0 bridgehead atoms. The highest BCUT2D eigenvalue weighted by molar-refractivity contribution is 6.32. The third-order valence-electron chi connectivity index (χ3n) is 5.19. The van der Waals surface area contributed by atoms with Gasteiger partial charge in [0.2, 0.25) is 0 Å². The molecule has 4 rings (SSSR count). The molecule has 2 aliphatic heterocycles. The number of halogens is 3. The average molecular weight is 418 g/mol. The first-order valence-electron chi connectivity index (χ1n) is 9.42. The van der Waals surface area contributed by atoms with Crippen LogP contribution in [0.1, 0.15) is 44.4 Å². The molecular weight excluding hydrogens is 396 g/mol. The summed E-state index contributed by atoms with van der Waals surface area (Å²) < 4.78 is 37.3. The van der Waals surface area contributed by atoms with Gasteiger partial charge in [0.25, 0.3) is 0 Å². The normalized spacial score (nSPS) is 18.6. The van der Waals surface area contributed by atoms with Gasteiger partial charge in [-0.3, -0.25) is 0 Å².